The second-order valence-electron chi connectivity index (χ2n) is 3.23. The van der Waals surface area contributed by atoms with Gasteiger partial charge in [-0.05, 0) is 0 Å². The van der Waals surface area contributed by atoms with E-state index in [9.17, 15) is 4.79 Å². The molecule has 0 radical (unpaired) electrons. The maximum absolute atomic E-state index is 11.0. The minimum atomic E-state index is -0.303. The third-order valence-electron chi connectivity index (χ3n) is 1.06. The molecule has 60 valence electrons. The summed E-state index contributed by atoms with van der Waals surface area (Å²) in [6.07, 6.45) is 0. The Morgan fingerprint density at radius 3 is 2.20 bits per heavy atom. The van der Waals surface area contributed by atoms with Gasteiger partial charge in [0.15, 0.2) is 0 Å². The normalized spacial score (nSPS) is 11.2. The van der Waals surface area contributed by atoms with E-state index in [-0.39, 0.29) is 11.3 Å². The van der Waals surface area contributed by atoms with Crippen LogP contribution in [0.2, 0.25) is 0 Å². The van der Waals surface area contributed by atoms with Crippen molar-refractivity contribution in [1.82, 2.24) is 10.9 Å². The van der Waals surface area contributed by atoms with Crippen LogP contribution in [-0.2, 0) is 4.79 Å². The van der Waals surface area contributed by atoms with Crippen LogP contribution in [0, 0.1) is 5.41 Å². The smallest absolute Gasteiger partial charge is 0.239 e. The van der Waals surface area contributed by atoms with Gasteiger partial charge in [0.05, 0.1) is 0 Å². The summed E-state index contributed by atoms with van der Waals surface area (Å²) in [6, 6.07) is 0. The third-order valence-corrected chi connectivity index (χ3v) is 1.06. The number of rotatable bonds is 2. The molecule has 0 bridgehead atoms. The molecular formula is C7H16N2O. The fourth-order valence-corrected chi connectivity index (χ4v) is 0.356. The van der Waals surface area contributed by atoms with E-state index in [4.69, 9.17) is 0 Å². The minimum Gasteiger partial charge on any atom is -0.291 e. The molecule has 0 unspecified atom stereocenters. The first-order valence-electron chi connectivity index (χ1n) is 3.51. The summed E-state index contributed by atoms with van der Waals surface area (Å²) in [5.41, 5.74) is 5.03. The van der Waals surface area contributed by atoms with Crippen LogP contribution in [0.25, 0.3) is 0 Å². The number of carbonyl (C=O) groups is 1. The summed E-state index contributed by atoms with van der Waals surface area (Å²) >= 11 is 0. The molecule has 0 fully saturated rings. The quantitative estimate of drug-likeness (QED) is 0.559. The molecule has 2 N–H and O–H groups in total. The summed E-state index contributed by atoms with van der Waals surface area (Å²) in [4.78, 5) is 11.0. The molecule has 0 spiro atoms. The van der Waals surface area contributed by atoms with Crippen molar-refractivity contribution in [2.75, 3.05) is 6.54 Å². The van der Waals surface area contributed by atoms with E-state index in [0.29, 0.717) is 0 Å². The van der Waals surface area contributed by atoms with Gasteiger partial charge in [0.1, 0.15) is 0 Å². The Balaban J connectivity index is 3.64. The average molecular weight is 144 g/mol. The monoisotopic (exact) mass is 144 g/mol. The van der Waals surface area contributed by atoms with Crippen LogP contribution in [0.4, 0.5) is 0 Å². The van der Waals surface area contributed by atoms with Crippen LogP contribution >= 0.6 is 0 Å². The van der Waals surface area contributed by atoms with Crippen molar-refractivity contribution in [2.45, 2.75) is 27.7 Å². The zero-order valence-corrected chi connectivity index (χ0v) is 7.12. The van der Waals surface area contributed by atoms with E-state index < -0.39 is 0 Å². The Labute approximate surface area is 62.2 Å². The number of carbonyl (C=O) groups excluding carboxylic acids is 1. The molecule has 10 heavy (non-hydrogen) atoms. The van der Waals surface area contributed by atoms with Crippen molar-refractivity contribution in [2.24, 2.45) is 5.41 Å². The highest BCUT2D eigenvalue weighted by atomic mass is 16.2. The molecule has 0 aromatic heterocycles. The fraction of sp³-hybridized carbons (Fsp3) is 0.857. The van der Waals surface area contributed by atoms with Gasteiger partial charge in [-0.3, -0.25) is 10.2 Å². The van der Waals surface area contributed by atoms with Gasteiger partial charge in [0, 0.05) is 12.0 Å². The lowest BCUT2D eigenvalue weighted by Crippen LogP contribution is -2.43. The highest BCUT2D eigenvalue weighted by Gasteiger charge is 2.19. The Hall–Kier alpha value is -0.570. The molecule has 0 aliphatic carbocycles. The van der Waals surface area contributed by atoms with Crippen molar-refractivity contribution in [1.29, 1.82) is 0 Å². The molecule has 0 aliphatic rings. The first kappa shape index (κ1) is 9.43. The first-order valence-corrected chi connectivity index (χ1v) is 3.51. The van der Waals surface area contributed by atoms with Crippen LogP contribution in [-0.4, -0.2) is 12.5 Å². The number of amides is 1. The Morgan fingerprint density at radius 1 is 1.40 bits per heavy atom. The first-order chi connectivity index (χ1) is 4.48. The zero-order valence-electron chi connectivity index (χ0n) is 7.12. The van der Waals surface area contributed by atoms with Gasteiger partial charge in [-0.25, -0.2) is 5.43 Å². The molecule has 0 atom stereocenters. The maximum atomic E-state index is 11.0. The number of hydrogen-bond acceptors (Lipinski definition) is 2. The Kier molecular flexibility index (Phi) is 3.36. The van der Waals surface area contributed by atoms with E-state index >= 15 is 0 Å². The Morgan fingerprint density at radius 2 is 1.90 bits per heavy atom. The lowest BCUT2D eigenvalue weighted by atomic mass is 9.96. The van der Waals surface area contributed by atoms with E-state index in [1.165, 1.54) is 0 Å². The molecule has 0 saturated heterocycles. The molecule has 0 saturated carbocycles. The van der Waals surface area contributed by atoms with Crippen LogP contribution in [0.5, 0.6) is 0 Å². The van der Waals surface area contributed by atoms with Crippen LogP contribution in [0.1, 0.15) is 27.7 Å². The topological polar surface area (TPSA) is 41.1 Å². The second kappa shape index (κ2) is 3.56. The van der Waals surface area contributed by atoms with E-state index in [0.717, 1.165) is 6.54 Å². The average Bonchev–Trinajstić information content (AvgIpc) is 1.80. The summed E-state index contributed by atoms with van der Waals surface area (Å²) in [7, 11) is 0. The SMILES string of the molecule is CCNNC(=O)C(C)(C)C. The lowest BCUT2D eigenvalue weighted by molar-refractivity contribution is -0.129. The van der Waals surface area contributed by atoms with E-state index in [2.05, 4.69) is 10.9 Å². The molecule has 3 nitrogen and oxygen atoms in total. The fourth-order valence-electron chi connectivity index (χ4n) is 0.356. The standard InChI is InChI=1S/C7H16N2O/c1-5-8-9-6(10)7(2,3)4/h8H,5H2,1-4H3,(H,9,10). The molecule has 0 aromatic rings. The van der Waals surface area contributed by atoms with E-state index in [1.54, 1.807) is 0 Å². The zero-order chi connectivity index (χ0) is 8.20. The van der Waals surface area contributed by atoms with Gasteiger partial charge in [0.2, 0.25) is 5.91 Å². The maximum Gasteiger partial charge on any atom is 0.239 e. The summed E-state index contributed by atoms with van der Waals surface area (Å²) < 4.78 is 0. The van der Waals surface area contributed by atoms with Crippen LogP contribution in [0.3, 0.4) is 0 Å². The van der Waals surface area contributed by atoms with Gasteiger partial charge in [0.25, 0.3) is 0 Å². The second-order valence-corrected chi connectivity index (χ2v) is 3.23. The highest BCUT2D eigenvalue weighted by Crippen LogP contribution is 2.11. The molecule has 0 rings (SSSR count). The van der Waals surface area contributed by atoms with Gasteiger partial charge in [-0.1, -0.05) is 27.7 Å². The number of hydrazine groups is 1. The summed E-state index contributed by atoms with van der Waals surface area (Å²) in [6.45, 7) is 8.31. The molecule has 3 heteroatoms. The van der Waals surface area contributed by atoms with Gasteiger partial charge < -0.3 is 0 Å². The lowest BCUT2D eigenvalue weighted by Gasteiger charge is -2.17. The van der Waals surface area contributed by atoms with E-state index in [1.807, 2.05) is 27.7 Å². The van der Waals surface area contributed by atoms with Crippen LogP contribution < -0.4 is 10.9 Å². The molecular weight excluding hydrogens is 128 g/mol. The number of hydrogen-bond donors (Lipinski definition) is 2. The summed E-state index contributed by atoms with van der Waals surface area (Å²) in [5.74, 6) is 0.0225. The van der Waals surface area contributed by atoms with Crippen molar-refractivity contribution >= 4 is 5.91 Å². The largest absolute Gasteiger partial charge is 0.291 e. The molecule has 0 aromatic carbocycles. The molecule has 0 heterocycles. The highest BCUT2D eigenvalue weighted by molar-refractivity contribution is 5.80. The van der Waals surface area contributed by atoms with Crippen molar-refractivity contribution in [3.05, 3.63) is 0 Å². The third kappa shape index (κ3) is 3.45. The van der Waals surface area contributed by atoms with Gasteiger partial charge in [-0.2, -0.15) is 0 Å². The summed E-state index contributed by atoms with van der Waals surface area (Å²) in [5, 5.41) is 0. The molecule has 0 aliphatic heterocycles. The Bertz CT molecular complexity index is 115. The minimum absolute atomic E-state index is 0.0225. The van der Waals surface area contributed by atoms with Gasteiger partial charge >= 0.3 is 0 Å². The van der Waals surface area contributed by atoms with Crippen molar-refractivity contribution in [3.63, 3.8) is 0 Å². The number of nitrogens with one attached hydrogen (secondary N) is 2. The predicted octanol–water partition coefficient (Wildman–Crippen LogP) is 0.673. The van der Waals surface area contributed by atoms with Gasteiger partial charge in [-0.15, -0.1) is 0 Å². The molecule has 1 amide bonds. The predicted molar refractivity (Wildman–Crippen MR) is 41.3 cm³/mol. The van der Waals surface area contributed by atoms with Crippen molar-refractivity contribution in [3.8, 4) is 0 Å². The van der Waals surface area contributed by atoms with Crippen molar-refractivity contribution < 1.29 is 4.79 Å². The van der Waals surface area contributed by atoms with Crippen LogP contribution in [0.15, 0.2) is 0 Å².